The third-order valence-electron chi connectivity index (χ3n) is 3.98. The number of nitrogens with zero attached hydrogens (tertiary/aromatic N) is 1. The van der Waals surface area contributed by atoms with Crippen LogP contribution < -0.4 is 5.73 Å². The number of hydrogen-bond donors (Lipinski definition) is 1. The molecule has 1 aliphatic rings. The molecule has 18 heavy (non-hydrogen) atoms. The van der Waals surface area contributed by atoms with Gasteiger partial charge >= 0.3 is 0 Å². The van der Waals surface area contributed by atoms with Crippen molar-refractivity contribution < 1.29 is 4.79 Å². The standard InChI is InChI=1S/C14H26N2OS/c1-11(2)7-10-16(3)13(17)14(12(15)18)8-5-4-6-9-14/h11H,4-10H2,1-3H3,(H2,15,18). The largest absolute Gasteiger partial charge is 0.392 e. The minimum Gasteiger partial charge on any atom is -0.392 e. The van der Waals surface area contributed by atoms with Crippen molar-refractivity contribution in [1.82, 2.24) is 4.90 Å². The zero-order valence-electron chi connectivity index (χ0n) is 11.9. The van der Waals surface area contributed by atoms with Crippen LogP contribution >= 0.6 is 12.2 Å². The first-order valence-electron chi connectivity index (χ1n) is 6.95. The van der Waals surface area contributed by atoms with E-state index in [-0.39, 0.29) is 5.91 Å². The number of carbonyl (C=O) groups excluding carboxylic acids is 1. The molecule has 0 aromatic carbocycles. The third-order valence-corrected chi connectivity index (χ3v) is 4.37. The molecule has 0 atom stereocenters. The van der Waals surface area contributed by atoms with Crippen LogP contribution in [0.15, 0.2) is 0 Å². The van der Waals surface area contributed by atoms with E-state index in [4.69, 9.17) is 18.0 Å². The maximum atomic E-state index is 12.6. The Labute approximate surface area is 116 Å². The molecule has 0 saturated heterocycles. The fourth-order valence-electron chi connectivity index (χ4n) is 2.64. The Balaban J connectivity index is 2.73. The second-order valence-corrected chi connectivity index (χ2v) is 6.36. The summed E-state index contributed by atoms with van der Waals surface area (Å²) in [6.07, 6.45) is 5.98. The van der Waals surface area contributed by atoms with Gasteiger partial charge in [-0.05, 0) is 25.2 Å². The van der Waals surface area contributed by atoms with Crippen LogP contribution in [0.2, 0.25) is 0 Å². The van der Waals surface area contributed by atoms with E-state index in [2.05, 4.69) is 13.8 Å². The van der Waals surface area contributed by atoms with Gasteiger partial charge in [0.2, 0.25) is 5.91 Å². The molecule has 0 radical (unpaired) electrons. The second-order valence-electron chi connectivity index (χ2n) is 5.92. The zero-order chi connectivity index (χ0) is 13.8. The predicted octanol–water partition coefficient (Wildman–Crippen LogP) is 2.73. The molecule has 1 rings (SSSR count). The molecule has 0 unspecified atom stereocenters. The summed E-state index contributed by atoms with van der Waals surface area (Å²) in [6.45, 7) is 5.13. The molecule has 0 spiro atoms. The molecule has 0 aromatic heterocycles. The van der Waals surface area contributed by atoms with E-state index < -0.39 is 5.41 Å². The molecule has 2 N–H and O–H groups in total. The summed E-state index contributed by atoms with van der Waals surface area (Å²) in [6, 6.07) is 0. The van der Waals surface area contributed by atoms with Gasteiger partial charge < -0.3 is 10.6 Å². The summed E-state index contributed by atoms with van der Waals surface area (Å²) < 4.78 is 0. The van der Waals surface area contributed by atoms with Crippen molar-refractivity contribution in [2.45, 2.75) is 52.4 Å². The van der Waals surface area contributed by atoms with Gasteiger partial charge in [0.25, 0.3) is 0 Å². The highest BCUT2D eigenvalue weighted by molar-refractivity contribution is 7.80. The molecule has 4 heteroatoms. The van der Waals surface area contributed by atoms with Crippen LogP contribution in [0.4, 0.5) is 0 Å². The lowest BCUT2D eigenvalue weighted by molar-refractivity contribution is -0.138. The topological polar surface area (TPSA) is 46.3 Å². The van der Waals surface area contributed by atoms with Crippen molar-refractivity contribution in [2.75, 3.05) is 13.6 Å². The second kappa shape index (κ2) is 6.50. The first-order valence-corrected chi connectivity index (χ1v) is 7.36. The number of hydrogen-bond acceptors (Lipinski definition) is 2. The molecule has 0 aliphatic heterocycles. The SMILES string of the molecule is CC(C)CCN(C)C(=O)C1(C(N)=S)CCCCC1. The molecular formula is C14H26N2OS. The Morgan fingerprint density at radius 2 is 1.89 bits per heavy atom. The van der Waals surface area contributed by atoms with E-state index in [0.717, 1.165) is 38.6 Å². The van der Waals surface area contributed by atoms with Crippen molar-refractivity contribution in [3.05, 3.63) is 0 Å². The summed E-state index contributed by atoms with van der Waals surface area (Å²) in [5, 5.41) is 0. The van der Waals surface area contributed by atoms with Gasteiger partial charge in [0.15, 0.2) is 0 Å². The van der Waals surface area contributed by atoms with Crippen molar-refractivity contribution in [2.24, 2.45) is 17.1 Å². The van der Waals surface area contributed by atoms with E-state index >= 15 is 0 Å². The molecule has 0 bridgehead atoms. The fraction of sp³-hybridized carbons (Fsp3) is 0.857. The van der Waals surface area contributed by atoms with E-state index in [1.54, 1.807) is 0 Å². The lowest BCUT2D eigenvalue weighted by Gasteiger charge is -2.38. The molecular weight excluding hydrogens is 244 g/mol. The van der Waals surface area contributed by atoms with Crippen LogP contribution in [0.5, 0.6) is 0 Å². The molecule has 1 aliphatic carbocycles. The first kappa shape index (κ1) is 15.4. The molecule has 1 amide bonds. The number of nitrogens with two attached hydrogens (primary N) is 1. The van der Waals surface area contributed by atoms with Crippen LogP contribution in [-0.4, -0.2) is 29.4 Å². The Hall–Kier alpha value is -0.640. The Kier molecular flexibility index (Phi) is 5.57. The maximum Gasteiger partial charge on any atom is 0.235 e. The van der Waals surface area contributed by atoms with Crippen molar-refractivity contribution in [3.8, 4) is 0 Å². The van der Waals surface area contributed by atoms with Crippen LogP contribution in [0.3, 0.4) is 0 Å². The highest BCUT2D eigenvalue weighted by atomic mass is 32.1. The van der Waals surface area contributed by atoms with E-state index in [1.165, 1.54) is 6.42 Å². The van der Waals surface area contributed by atoms with E-state index in [0.29, 0.717) is 10.9 Å². The maximum absolute atomic E-state index is 12.6. The summed E-state index contributed by atoms with van der Waals surface area (Å²) in [7, 11) is 1.87. The Morgan fingerprint density at radius 1 is 1.33 bits per heavy atom. The van der Waals surface area contributed by atoms with Crippen LogP contribution in [0, 0.1) is 11.3 Å². The van der Waals surface area contributed by atoms with Gasteiger partial charge in [-0.15, -0.1) is 0 Å². The minimum absolute atomic E-state index is 0.135. The summed E-state index contributed by atoms with van der Waals surface area (Å²) in [5.74, 6) is 0.739. The number of carbonyl (C=O) groups is 1. The molecule has 3 nitrogen and oxygen atoms in total. The Morgan fingerprint density at radius 3 is 2.33 bits per heavy atom. The monoisotopic (exact) mass is 270 g/mol. The van der Waals surface area contributed by atoms with Crippen LogP contribution in [0.1, 0.15) is 52.4 Å². The van der Waals surface area contributed by atoms with Gasteiger partial charge in [-0.1, -0.05) is 45.3 Å². The summed E-state index contributed by atoms with van der Waals surface area (Å²) >= 11 is 5.19. The molecule has 1 saturated carbocycles. The fourth-order valence-corrected chi connectivity index (χ4v) is 2.93. The zero-order valence-corrected chi connectivity index (χ0v) is 12.7. The van der Waals surface area contributed by atoms with Gasteiger partial charge in [-0.25, -0.2) is 0 Å². The highest BCUT2D eigenvalue weighted by Crippen LogP contribution is 2.38. The third kappa shape index (κ3) is 3.44. The average molecular weight is 270 g/mol. The van der Waals surface area contributed by atoms with Gasteiger partial charge in [-0.2, -0.15) is 0 Å². The number of rotatable bonds is 5. The van der Waals surface area contributed by atoms with Gasteiger partial charge in [0.05, 0.1) is 10.4 Å². The van der Waals surface area contributed by atoms with Crippen molar-refractivity contribution >= 4 is 23.1 Å². The highest BCUT2D eigenvalue weighted by Gasteiger charge is 2.43. The van der Waals surface area contributed by atoms with Gasteiger partial charge in [-0.3, -0.25) is 4.79 Å². The van der Waals surface area contributed by atoms with Gasteiger partial charge in [0, 0.05) is 13.6 Å². The number of amides is 1. The minimum atomic E-state index is -0.556. The molecule has 0 aromatic rings. The van der Waals surface area contributed by atoms with Gasteiger partial charge in [0.1, 0.15) is 0 Å². The summed E-state index contributed by atoms with van der Waals surface area (Å²) in [4.78, 5) is 14.8. The van der Waals surface area contributed by atoms with Crippen LogP contribution in [0.25, 0.3) is 0 Å². The van der Waals surface area contributed by atoms with Crippen molar-refractivity contribution in [1.29, 1.82) is 0 Å². The summed E-state index contributed by atoms with van der Waals surface area (Å²) in [5.41, 5.74) is 5.32. The lowest BCUT2D eigenvalue weighted by atomic mass is 9.73. The molecule has 1 fully saturated rings. The quantitative estimate of drug-likeness (QED) is 0.781. The van der Waals surface area contributed by atoms with Crippen LogP contribution in [-0.2, 0) is 4.79 Å². The first-order chi connectivity index (χ1) is 8.40. The van der Waals surface area contributed by atoms with E-state index in [9.17, 15) is 4.79 Å². The molecule has 0 heterocycles. The van der Waals surface area contributed by atoms with Crippen molar-refractivity contribution in [3.63, 3.8) is 0 Å². The normalized spacial score (nSPS) is 18.7. The average Bonchev–Trinajstić information content (AvgIpc) is 2.35. The predicted molar refractivity (Wildman–Crippen MR) is 79.4 cm³/mol. The smallest absolute Gasteiger partial charge is 0.235 e. The Bertz CT molecular complexity index is 309. The number of thiocarbonyl (C=S) groups is 1. The lowest BCUT2D eigenvalue weighted by Crippen LogP contribution is -2.50. The van der Waals surface area contributed by atoms with E-state index in [1.807, 2.05) is 11.9 Å². The molecule has 104 valence electrons.